The molecule has 0 unspecified atom stereocenters. The monoisotopic (exact) mass is 495 g/mol. The van der Waals surface area contributed by atoms with E-state index in [9.17, 15) is 14.4 Å². The second-order valence-corrected chi connectivity index (χ2v) is 8.77. The number of nitrogens with zero attached hydrogens (tertiary/aromatic N) is 3. The third kappa shape index (κ3) is 7.79. The molecule has 1 aliphatic rings. The van der Waals surface area contributed by atoms with Crippen LogP contribution in [0.4, 0.5) is 11.4 Å². The molecule has 9 heteroatoms. The van der Waals surface area contributed by atoms with Gasteiger partial charge < -0.3 is 20.3 Å². The molecule has 0 aliphatic carbocycles. The van der Waals surface area contributed by atoms with E-state index in [0.717, 1.165) is 17.7 Å². The van der Waals surface area contributed by atoms with Gasteiger partial charge in [0, 0.05) is 31.9 Å². The number of carbonyl (C=O) groups excluding carboxylic acids is 3. The third-order valence-electron chi connectivity index (χ3n) is 6.32. The first-order chi connectivity index (χ1) is 17.4. The average Bonchev–Trinajstić information content (AvgIpc) is 2.89. The minimum atomic E-state index is -0.199. The van der Waals surface area contributed by atoms with Gasteiger partial charge in [-0.15, -0.1) is 0 Å². The number of para-hydroxylation sites is 3. The highest BCUT2D eigenvalue weighted by Gasteiger charge is 2.24. The van der Waals surface area contributed by atoms with Crippen molar-refractivity contribution in [2.24, 2.45) is 0 Å². The van der Waals surface area contributed by atoms with Crippen molar-refractivity contribution >= 4 is 29.1 Å². The molecular weight excluding hydrogens is 458 g/mol. The summed E-state index contributed by atoms with van der Waals surface area (Å²) < 4.78 is 5.28. The number of aryl methyl sites for hydroxylation is 1. The number of rotatable bonds is 11. The van der Waals surface area contributed by atoms with Crippen LogP contribution in [-0.4, -0.2) is 91.9 Å². The molecular formula is C27H37N5O4. The third-order valence-corrected chi connectivity index (χ3v) is 6.32. The molecule has 3 rings (SSSR count). The Kier molecular flexibility index (Phi) is 10.3. The van der Waals surface area contributed by atoms with Crippen LogP contribution in [0.1, 0.15) is 19.4 Å². The fraction of sp³-hybridized carbons (Fsp3) is 0.444. The maximum Gasteiger partial charge on any atom is 0.238 e. The van der Waals surface area contributed by atoms with E-state index in [-0.39, 0.29) is 30.8 Å². The van der Waals surface area contributed by atoms with E-state index >= 15 is 0 Å². The molecule has 1 heterocycles. The van der Waals surface area contributed by atoms with Gasteiger partial charge in [0.2, 0.25) is 17.7 Å². The van der Waals surface area contributed by atoms with E-state index in [1.54, 1.807) is 19.2 Å². The summed E-state index contributed by atoms with van der Waals surface area (Å²) in [6.45, 7) is 7.53. The number of hydrogen-bond donors (Lipinski definition) is 2. The quantitative estimate of drug-likeness (QED) is 0.497. The molecule has 0 bridgehead atoms. The molecule has 36 heavy (non-hydrogen) atoms. The van der Waals surface area contributed by atoms with Crippen molar-refractivity contribution in [2.45, 2.75) is 20.3 Å². The van der Waals surface area contributed by atoms with Gasteiger partial charge in [-0.05, 0) is 36.7 Å². The van der Waals surface area contributed by atoms with Gasteiger partial charge in [0.1, 0.15) is 5.75 Å². The summed E-state index contributed by atoms with van der Waals surface area (Å²) in [6.07, 6.45) is 0.855. The number of carbonyl (C=O) groups is 3. The predicted octanol–water partition coefficient (Wildman–Crippen LogP) is 2.30. The molecule has 2 aromatic rings. The normalized spacial score (nSPS) is 13.9. The average molecular weight is 496 g/mol. The maximum absolute atomic E-state index is 12.9. The van der Waals surface area contributed by atoms with Gasteiger partial charge in [-0.25, -0.2) is 0 Å². The molecule has 1 fully saturated rings. The Hall–Kier alpha value is -3.43. The highest BCUT2D eigenvalue weighted by Crippen LogP contribution is 2.22. The minimum Gasteiger partial charge on any atom is -0.495 e. The minimum absolute atomic E-state index is 0.0112. The lowest BCUT2D eigenvalue weighted by Gasteiger charge is -2.35. The highest BCUT2D eigenvalue weighted by atomic mass is 16.5. The van der Waals surface area contributed by atoms with Crippen LogP contribution in [0.5, 0.6) is 5.75 Å². The number of ether oxygens (including phenoxy) is 1. The molecule has 0 radical (unpaired) electrons. The fourth-order valence-electron chi connectivity index (χ4n) is 4.21. The molecule has 0 spiro atoms. The largest absolute Gasteiger partial charge is 0.495 e. The zero-order valence-electron chi connectivity index (χ0n) is 21.5. The van der Waals surface area contributed by atoms with Crippen LogP contribution in [-0.2, 0) is 20.8 Å². The highest BCUT2D eigenvalue weighted by molar-refractivity contribution is 5.94. The number of nitrogens with one attached hydrogen (secondary N) is 2. The van der Waals surface area contributed by atoms with Gasteiger partial charge in [-0.2, -0.15) is 0 Å². The van der Waals surface area contributed by atoms with Crippen LogP contribution >= 0.6 is 0 Å². The van der Waals surface area contributed by atoms with Gasteiger partial charge >= 0.3 is 0 Å². The zero-order chi connectivity index (χ0) is 25.9. The number of methoxy groups -OCH3 is 1. The van der Waals surface area contributed by atoms with Crippen molar-refractivity contribution in [2.75, 3.05) is 70.1 Å². The van der Waals surface area contributed by atoms with Gasteiger partial charge in [0.05, 0.1) is 32.4 Å². The Morgan fingerprint density at radius 1 is 0.861 bits per heavy atom. The van der Waals surface area contributed by atoms with E-state index < -0.39 is 0 Å². The molecule has 1 aliphatic heterocycles. The lowest BCUT2D eigenvalue weighted by Crippen LogP contribution is -2.52. The zero-order valence-corrected chi connectivity index (χ0v) is 21.5. The second kappa shape index (κ2) is 13.6. The predicted molar refractivity (Wildman–Crippen MR) is 141 cm³/mol. The maximum atomic E-state index is 12.9. The number of likely N-dealkylation sites (N-methyl/N-ethyl adjacent to an activating group) is 1. The van der Waals surface area contributed by atoms with Crippen molar-refractivity contribution in [3.05, 3.63) is 54.1 Å². The van der Waals surface area contributed by atoms with Crippen LogP contribution in [0.2, 0.25) is 0 Å². The van der Waals surface area contributed by atoms with Crippen molar-refractivity contribution in [3.8, 4) is 5.75 Å². The van der Waals surface area contributed by atoms with Crippen LogP contribution in [0.15, 0.2) is 48.5 Å². The summed E-state index contributed by atoms with van der Waals surface area (Å²) in [7, 11) is 1.56. The first-order valence-electron chi connectivity index (χ1n) is 12.5. The summed E-state index contributed by atoms with van der Waals surface area (Å²) in [6, 6.07) is 15.0. The van der Waals surface area contributed by atoms with E-state index in [2.05, 4.69) is 22.5 Å². The molecule has 2 N–H and O–H groups in total. The van der Waals surface area contributed by atoms with Gasteiger partial charge in [0.15, 0.2) is 0 Å². The summed E-state index contributed by atoms with van der Waals surface area (Å²) in [5, 5.41) is 5.86. The van der Waals surface area contributed by atoms with E-state index in [1.165, 1.54) is 0 Å². The Balaban J connectivity index is 1.42. The smallest absolute Gasteiger partial charge is 0.238 e. The molecule has 0 atom stereocenters. The standard InChI is InChI=1S/C27H37N5O4/c1-4-21-10-6-7-11-22(21)28-26(34)19-31-14-16-32(17-15-31)27(35)20-30(5-2)18-25(33)29-23-12-8-9-13-24(23)36-3/h6-13H,4-5,14-20H2,1-3H3,(H,28,34)(H,29,33). The number of anilines is 2. The Morgan fingerprint density at radius 2 is 1.50 bits per heavy atom. The van der Waals surface area contributed by atoms with Crippen molar-refractivity contribution in [1.82, 2.24) is 14.7 Å². The molecule has 194 valence electrons. The summed E-state index contributed by atoms with van der Waals surface area (Å²) in [4.78, 5) is 43.7. The number of hydrogen-bond acceptors (Lipinski definition) is 6. The first kappa shape index (κ1) is 27.2. The van der Waals surface area contributed by atoms with Crippen LogP contribution in [0.3, 0.4) is 0 Å². The molecule has 3 amide bonds. The Bertz CT molecular complexity index is 1040. The van der Waals surface area contributed by atoms with E-state index in [0.29, 0.717) is 50.7 Å². The summed E-state index contributed by atoms with van der Waals surface area (Å²) in [5.74, 6) is 0.331. The Morgan fingerprint density at radius 3 is 2.17 bits per heavy atom. The van der Waals surface area contributed by atoms with Crippen LogP contribution in [0.25, 0.3) is 0 Å². The van der Waals surface area contributed by atoms with Gasteiger partial charge in [-0.1, -0.05) is 44.2 Å². The van der Waals surface area contributed by atoms with Crippen molar-refractivity contribution in [1.29, 1.82) is 0 Å². The van der Waals surface area contributed by atoms with E-state index in [1.807, 2.05) is 53.1 Å². The number of piperazine rings is 1. The van der Waals surface area contributed by atoms with Crippen molar-refractivity contribution < 1.29 is 19.1 Å². The van der Waals surface area contributed by atoms with E-state index in [4.69, 9.17) is 4.74 Å². The van der Waals surface area contributed by atoms with Crippen LogP contribution in [0, 0.1) is 0 Å². The molecule has 1 saturated heterocycles. The van der Waals surface area contributed by atoms with Gasteiger partial charge in [0.25, 0.3) is 0 Å². The molecule has 0 saturated carbocycles. The topological polar surface area (TPSA) is 94.2 Å². The lowest BCUT2D eigenvalue weighted by atomic mass is 10.1. The second-order valence-electron chi connectivity index (χ2n) is 8.77. The first-order valence-corrected chi connectivity index (χ1v) is 12.5. The molecule has 9 nitrogen and oxygen atoms in total. The number of benzene rings is 2. The number of amides is 3. The SMILES string of the molecule is CCc1ccccc1NC(=O)CN1CCN(C(=O)CN(CC)CC(=O)Nc2ccccc2OC)CC1. The Labute approximate surface area is 213 Å². The molecule has 0 aromatic heterocycles. The molecule has 2 aromatic carbocycles. The lowest BCUT2D eigenvalue weighted by molar-refractivity contribution is -0.134. The van der Waals surface area contributed by atoms with Crippen molar-refractivity contribution in [3.63, 3.8) is 0 Å². The van der Waals surface area contributed by atoms with Crippen LogP contribution < -0.4 is 15.4 Å². The van der Waals surface area contributed by atoms with Gasteiger partial charge in [-0.3, -0.25) is 24.2 Å². The summed E-state index contributed by atoms with van der Waals surface area (Å²) >= 11 is 0. The summed E-state index contributed by atoms with van der Waals surface area (Å²) in [5.41, 5.74) is 2.57. The fourth-order valence-corrected chi connectivity index (χ4v) is 4.21.